The van der Waals surface area contributed by atoms with Crippen molar-refractivity contribution in [1.82, 2.24) is 0 Å². The molecule has 0 aliphatic heterocycles. The molecule has 3 atom stereocenters. The van der Waals surface area contributed by atoms with Gasteiger partial charge in [-0.3, -0.25) is 14.4 Å². The minimum absolute atomic E-state index is 0.0104. The van der Waals surface area contributed by atoms with Crippen LogP contribution >= 0.6 is 0 Å². The fourth-order valence-corrected chi connectivity index (χ4v) is 5.57. The van der Waals surface area contributed by atoms with Gasteiger partial charge in [-0.1, -0.05) is 19.4 Å². The van der Waals surface area contributed by atoms with E-state index >= 15 is 0 Å². The minimum Gasteiger partial charge on any atom is -0.511 e. The number of benzene rings is 1. The Morgan fingerprint density at radius 3 is 2.48 bits per heavy atom. The lowest BCUT2D eigenvalue weighted by Gasteiger charge is -2.45. The summed E-state index contributed by atoms with van der Waals surface area (Å²) in [5.41, 5.74) is 9.49. The predicted octanol–water partition coefficient (Wildman–Crippen LogP) is 1.38. The molecule has 176 valence electrons. The molecule has 0 saturated carbocycles. The third kappa shape index (κ3) is 3.18. The van der Waals surface area contributed by atoms with E-state index in [1.54, 1.807) is 0 Å². The molecule has 3 aliphatic rings. The van der Waals surface area contributed by atoms with Crippen LogP contribution in [0.2, 0.25) is 0 Å². The number of aliphatic hydroxyl groups is 3. The molecule has 33 heavy (non-hydrogen) atoms. The van der Waals surface area contributed by atoms with Crippen molar-refractivity contribution in [1.29, 1.82) is 0 Å². The number of phenols is 1. The molecule has 0 fully saturated rings. The third-order valence-corrected chi connectivity index (χ3v) is 7.25. The van der Waals surface area contributed by atoms with E-state index < -0.39 is 52.0 Å². The van der Waals surface area contributed by atoms with Crippen molar-refractivity contribution in [3.05, 3.63) is 51.0 Å². The molecule has 8 N–H and O–H groups in total. The number of aliphatic hydroxyl groups excluding tert-OH is 2. The van der Waals surface area contributed by atoms with Crippen LogP contribution in [0.25, 0.3) is 0 Å². The van der Waals surface area contributed by atoms with Crippen molar-refractivity contribution in [2.75, 3.05) is 0 Å². The number of hydrogen-bond acceptors (Lipinski definition) is 8. The van der Waals surface area contributed by atoms with Crippen LogP contribution in [0.1, 0.15) is 59.7 Å². The number of fused-ring (bicyclic) bond motifs is 3. The van der Waals surface area contributed by atoms with Crippen molar-refractivity contribution in [3.63, 3.8) is 0 Å². The zero-order chi connectivity index (χ0) is 24.2. The number of Topliss-reactive ketones (excluding diaryl/α,β-unsaturated/α-hetero) is 2. The van der Waals surface area contributed by atoms with Crippen LogP contribution in [0, 0.1) is 11.8 Å². The second-order valence-corrected chi connectivity index (χ2v) is 9.12. The standard InChI is InChI=1S/C24H28N2O7/c1-2-3-4-10-5-12(9-25)19(28)17-14(10)7-11-6-13-8-15(27)18(23(26)32)22(31)24(13,33)21(30)16(11)20(17)29/h5,11,13,27-28,30,33H,2-4,6-9,25H2,1H3,(H2,26,32)/t11-,13+,24+/m1/s1. The topological polar surface area (TPSA) is 184 Å². The van der Waals surface area contributed by atoms with Gasteiger partial charge in [0.05, 0.1) is 5.56 Å². The molecule has 1 amide bonds. The lowest BCUT2D eigenvalue weighted by atomic mass is 9.60. The second kappa shape index (κ2) is 8.00. The Morgan fingerprint density at radius 2 is 1.88 bits per heavy atom. The summed E-state index contributed by atoms with van der Waals surface area (Å²) >= 11 is 0. The van der Waals surface area contributed by atoms with E-state index in [1.807, 2.05) is 13.0 Å². The molecule has 9 nitrogen and oxygen atoms in total. The molecule has 4 rings (SSSR count). The van der Waals surface area contributed by atoms with Crippen molar-refractivity contribution in [3.8, 4) is 5.75 Å². The van der Waals surface area contributed by atoms with Gasteiger partial charge in [-0.15, -0.1) is 0 Å². The Kier molecular flexibility index (Phi) is 5.58. The first-order chi connectivity index (χ1) is 15.6. The molecular weight excluding hydrogens is 428 g/mol. The number of primary amides is 1. The molecule has 3 aliphatic carbocycles. The largest absolute Gasteiger partial charge is 0.511 e. The number of ketones is 2. The van der Waals surface area contributed by atoms with E-state index in [9.17, 15) is 34.8 Å². The Balaban J connectivity index is 1.90. The summed E-state index contributed by atoms with van der Waals surface area (Å²) in [6.07, 6.45) is 2.69. The summed E-state index contributed by atoms with van der Waals surface area (Å²) in [6.45, 7) is 2.06. The number of hydrogen-bond donors (Lipinski definition) is 6. The number of allylic oxidation sites excluding steroid dienone is 2. The Bertz CT molecular complexity index is 1150. The smallest absolute Gasteiger partial charge is 0.255 e. The number of aryl methyl sites for hydroxylation is 1. The molecule has 0 heterocycles. The van der Waals surface area contributed by atoms with Gasteiger partial charge in [0, 0.05) is 30.0 Å². The van der Waals surface area contributed by atoms with Gasteiger partial charge in [-0.25, -0.2) is 0 Å². The number of amides is 1. The molecular formula is C24H28N2O7. The SMILES string of the molecule is CCCCc1cc(CN)c(O)c2c1C[C@H]1C[C@H]3CC(O)=C(C(N)=O)C(=O)[C@@]3(O)C(O)=C1C2=O. The molecule has 0 unspecified atom stereocenters. The van der Waals surface area contributed by atoms with E-state index in [2.05, 4.69) is 0 Å². The first-order valence-electron chi connectivity index (χ1n) is 11.1. The molecule has 0 saturated heterocycles. The number of unbranched alkanes of at least 4 members (excludes halogenated alkanes) is 1. The van der Waals surface area contributed by atoms with Crippen LogP contribution < -0.4 is 11.5 Å². The number of phenolic OH excluding ortho intramolecular Hbond substituents is 1. The predicted molar refractivity (Wildman–Crippen MR) is 117 cm³/mol. The Morgan fingerprint density at radius 1 is 1.18 bits per heavy atom. The van der Waals surface area contributed by atoms with Crippen LogP contribution in [-0.2, 0) is 29.0 Å². The molecule has 0 aromatic heterocycles. The Hall–Kier alpha value is -3.17. The average Bonchev–Trinajstić information content (AvgIpc) is 2.75. The molecule has 0 spiro atoms. The van der Waals surface area contributed by atoms with Crippen LogP contribution in [-0.4, -0.2) is 43.5 Å². The average molecular weight is 456 g/mol. The monoisotopic (exact) mass is 456 g/mol. The van der Waals surface area contributed by atoms with Gasteiger partial charge < -0.3 is 31.9 Å². The summed E-state index contributed by atoms with van der Waals surface area (Å²) < 4.78 is 0. The number of rotatable bonds is 5. The van der Waals surface area contributed by atoms with Gasteiger partial charge in [0.2, 0.25) is 5.78 Å². The van der Waals surface area contributed by atoms with Crippen LogP contribution in [0.4, 0.5) is 0 Å². The van der Waals surface area contributed by atoms with Crippen LogP contribution in [0.3, 0.4) is 0 Å². The number of carbonyl (C=O) groups is 3. The van der Waals surface area contributed by atoms with Crippen molar-refractivity contribution < 1.29 is 34.8 Å². The quantitative estimate of drug-likeness (QED) is 0.359. The second-order valence-electron chi connectivity index (χ2n) is 9.12. The van der Waals surface area contributed by atoms with Crippen molar-refractivity contribution >= 4 is 17.5 Å². The number of nitrogens with two attached hydrogens (primary N) is 2. The van der Waals surface area contributed by atoms with E-state index in [-0.39, 0.29) is 36.3 Å². The highest BCUT2D eigenvalue weighted by atomic mass is 16.3. The third-order valence-electron chi connectivity index (χ3n) is 7.25. The van der Waals surface area contributed by atoms with Gasteiger partial charge in [0.15, 0.2) is 11.4 Å². The summed E-state index contributed by atoms with van der Waals surface area (Å²) in [7, 11) is 0. The van der Waals surface area contributed by atoms with E-state index in [1.165, 1.54) is 0 Å². The first-order valence-corrected chi connectivity index (χ1v) is 11.1. The zero-order valence-corrected chi connectivity index (χ0v) is 18.4. The summed E-state index contributed by atoms with van der Waals surface area (Å²) in [5, 5.41) is 43.4. The van der Waals surface area contributed by atoms with Gasteiger partial charge in [0.1, 0.15) is 22.8 Å². The van der Waals surface area contributed by atoms with Crippen molar-refractivity contribution in [2.24, 2.45) is 23.3 Å². The maximum absolute atomic E-state index is 13.6. The Labute approximate surface area is 190 Å². The fourth-order valence-electron chi connectivity index (χ4n) is 5.57. The lowest BCUT2D eigenvalue weighted by Crippen LogP contribution is -2.57. The van der Waals surface area contributed by atoms with Gasteiger partial charge in [0.25, 0.3) is 5.91 Å². The van der Waals surface area contributed by atoms with E-state index in [0.29, 0.717) is 24.0 Å². The molecule has 9 heteroatoms. The molecule has 1 aromatic carbocycles. The lowest BCUT2D eigenvalue weighted by molar-refractivity contribution is -0.144. The summed E-state index contributed by atoms with van der Waals surface area (Å²) in [4.78, 5) is 38.3. The van der Waals surface area contributed by atoms with Gasteiger partial charge in [-0.2, -0.15) is 0 Å². The number of carbonyl (C=O) groups excluding carboxylic acids is 3. The van der Waals surface area contributed by atoms with Gasteiger partial charge in [-0.05, 0) is 42.7 Å². The van der Waals surface area contributed by atoms with Crippen LogP contribution in [0.15, 0.2) is 28.7 Å². The minimum atomic E-state index is -2.55. The highest BCUT2D eigenvalue weighted by Crippen LogP contribution is 2.52. The zero-order valence-electron chi connectivity index (χ0n) is 18.4. The van der Waals surface area contributed by atoms with E-state index in [0.717, 1.165) is 18.4 Å². The molecule has 1 aromatic rings. The normalized spacial score (nSPS) is 26.8. The van der Waals surface area contributed by atoms with E-state index in [4.69, 9.17) is 11.5 Å². The summed E-state index contributed by atoms with van der Waals surface area (Å²) in [6, 6.07) is 1.81. The first kappa shape index (κ1) is 23.0. The van der Waals surface area contributed by atoms with Crippen LogP contribution in [0.5, 0.6) is 5.75 Å². The fraction of sp³-hybridized carbons (Fsp3) is 0.458. The number of aromatic hydroxyl groups is 1. The molecule has 0 bridgehead atoms. The highest BCUT2D eigenvalue weighted by Gasteiger charge is 2.59. The maximum atomic E-state index is 13.6. The van der Waals surface area contributed by atoms with Crippen molar-refractivity contribution in [2.45, 2.75) is 57.6 Å². The van der Waals surface area contributed by atoms with Gasteiger partial charge >= 0.3 is 0 Å². The maximum Gasteiger partial charge on any atom is 0.255 e. The molecule has 0 radical (unpaired) electrons. The highest BCUT2D eigenvalue weighted by molar-refractivity contribution is 6.24. The summed E-state index contributed by atoms with van der Waals surface area (Å²) in [5.74, 6) is -6.25.